The smallest absolute Gasteiger partial charge is 0.311 e. The molecule has 112 valence electrons. The molecule has 4 nitrogen and oxygen atoms in total. The summed E-state index contributed by atoms with van der Waals surface area (Å²) in [5, 5.41) is 20.6. The van der Waals surface area contributed by atoms with Crippen molar-refractivity contribution in [1.82, 2.24) is 0 Å². The first kappa shape index (κ1) is 15.2. The molecule has 0 radical (unpaired) electrons. The molecule has 0 atom stereocenters. The van der Waals surface area contributed by atoms with E-state index in [4.69, 9.17) is 5.26 Å². The molecule has 0 aliphatic heterocycles. The average Bonchev–Trinajstić information content (AvgIpc) is 2.47. The number of carbonyl (C=O) groups is 1. The van der Waals surface area contributed by atoms with E-state index in [1.165, 1.54) is 0 Å². The number of carboxylic acids is 1. The summed E-state index contributed by atoms with van der Waals surface area (Å²) < 4.78 is 27.6. The zero-order chi connectivity index (χ0) is 15.5. The summed E-state index contributed by atoms with van der Waals surface area (Å²) in [4.78, 5) is 11.5. The maximum absolute atomic E-state index is 13.8. The molecule has 1 fully saturated rings. The molecule has 1 saturated carbocycles. The number of aliphatic carboxylic acids is 1. The van der Waals surface area contributed by atoms with E-state index in [9.17, 15) is 18.7 Å². The van der Waals surface area contributed by atoms with Crippen LogP contribution in [0.25, 0.3) is 0 Å². The van der Waals surface area contributed by atoms with Gasteiger partial charge in [-0.2, -0.15) is 5.26 Å². The monoisotopic (exact) mass is 294 g/mol. The Morgan fingerprint density at radius 1 is 1.29 bits per heavy atom. The van der Waals surface area contributed by atoms with Gasteiger partial charge in [0.15, 0.2) is 11.6 Å². The summed E-state index contributed by atoms with van der Waals surface area (Å²) in [5.74, 6) is -2.71. The number of halogens is 2. The fraction of sp³-hybridized carbons (Fsp3) is 0.467. The van der Waals surface area contributed by atoms with Crippen LogP contribution in [0.15, 0.2) is 12.1 Å². The van der Waals surface area contributed by atoms with E-state index in [-0.39, 0.29) is 17.8 Å². The lowest BCUT2D eigenvalue weighted by atomic mass is 9.74. The summed E-state index contributed by atoms with van der Waals surface area (Å²) in [5.41, 5.74) is -1.47. The summed E-state index contributed by atoms with van der Waals surface area (Å²) in [6.07, 6.45) is 3.57. The Morgan fingerprint density at radius 3 is 2.33 bits per heavy atom. The average molecular weight is 294 g/mol. The van der Waals surface area contributed by atoms with E-state index in [0.717, 1.165) is 31.4 Å². The highest BCUT2D eigenvalue weighted by Crippen LogP contribution is 2.37. The van der Waals surface area contributed by atoms with Crippen molar-refractivity contribution in [3.8, 4) is 6.07 Å². The van der Waals surface area contributed by atoms with Gasteiger partial charge < -0.3 is 10.4 Å². The van der Waals surface area contributed by atoms with Gasteiger partial charge in [-0.15, -0.1) is 0 Å². The first-order valence-corrected chi connectivity index (χ1v) is 6.85. The van der Waals surface area contributed by atoms with Crippen molar-refractivity contribution >= 4 is 11.7 Å². The van der Waals surface area contributed by atoms with Gasteiger partial charge in [0, 0.05) is 6.54 Å². The van der Waals surface area contributed by atoms with E-state index < -0.39 is 23.0 Å². The van der Waals surface area contributed by atoms with Gasteiger partial charge in [0.1, 0.15) is 5.69 Å². The molecule has 1 aliphatic carbocycles. The molecule has 0 spiro atoms. The number of anilines is 1. The van der Waals surface area contributed by atoms with E-state index in [1.54, 1.807) is 6.07 Å². The van der Waals surface area contributed by atoms with Crippen molar-refractivity contribution in [1.29, 1.82) is 5.26 Å². The van der Waals surface area contributed by atoms with Crippen molar-refractivity contribution in [2.45, 2.75) is 32.1 Å². The van der Waals surface area contributed by atoms with Gasteiger partial charge in [-0.05, 0) is 25.0 Å². The Balaban J connectivity index is 2.19. The van der Waals surface area contributed by atoms with Crippen LogP contribution in [-0.2, 0) is 4.79 Å². The van der Waals surface area contributed by atoms with Crippen molar-refractivity contribution in [2.75, 3.05) is 11.9 Å². The molecular weight excluding hydrogens is 278 g/mol. The highest BCUT2D eigenvalue weighted by Gasteiger charge is 2.39. The van der Waals surface area contributed by atoms with Crippen LogP contribution in [0, 0.1) is 28.4 Å². The molecule has 0 saturated heterocycles. The molecule has 0 heterocycles. The Hall–Kier alpha value is -2.16. The van der Waals surface area contributed by atoms with E-state index in [2.05, 4.69) is 5.32 Å². The number of hydrogen-bond donors (Lipinski definition) is 2. The highest BCUT2D eigenvalue weighted by atomic mass is 19.1. The number of nitriles is 1. The summed E-state index contributed by atoms with van der Waals surface area (Å²) in [7, 11) is 0. The topological polar surface area (TPSA) is 73.1 Å². The third-order valence-corrected chi connectivity index (χ3v) is 4.04. The van der Waals surface area contributed by atoms with Crippen LogP contribution in [-0.4, -0.2) is 17.6 Å². The maximum atomic E-state index is 13.8. The summed E-state index contributed by atoms with van der Waals surface area (Å²) >= 11 is 0. The Bertz CT molecular complexity index is 567. The van der Waals surface area contributed by atoms with Crippen LogP contribution >= 0.6 is 0 Å². The number of benzene rings is 1. The van der Waals surface area contributed by atoms with Crippen molar-refractivity contribution in [3.05, 3.63) is 29.3 Å². The lowest BCUT2D eigenvalue weighted by Gasteiger charge is -2.33. The van der Waals surface area contributed by atoms with Gasteiger partial charge in [0.2, 0.25) is 0 Å². The number of nitrogens with one attached hydrogen (secondary N) is 1. The standard InChI is InChI=1S/C15H16F2N2O2/c16-11-6-10(8-18)7-12(17)13(11)19-9-15(14(20)21)4-2-1-3-5-15/h6-7,19H,1-5,9H2,(H,20,21). The van der Waals surface area contributed by atoms with Gasteiger partial charge in [0.05, 0.1) is 17.0 Å². The number of hydrogen-bond acceptors (Lipinski definition) is 3. The fourth-order valence-corrected chi connectivity index (χ4v) is 2.76. The van der Waals surface area contributed by atoms with Crippen molar-refractivity contribution in [2.24, 2.45) is 5.41 Å². The van der Waals surface area contributed by atoms with Gasteiger partial charge in [-0.25, -0.2) is 8.78 Å². The molecule has 0 aromatic heterocycles. The first-order valence-electron chi connectivity index (χ1n) is 6.85. The lowest BCUT2D eigenvalue weighted by Crippen LogP contribution is -2.40. The Kier molecular flexibility index (Phi) is 4.41. The lowest BCUT2D eigenvalue weighted by molar-refractivity contribution is -0.150. The largest absolute Gasteiger partial charge is 0.481 e. The quantitative estimate of drug-likeness (QED) is 0.893. The zero-order valence-electron chi connectivity index (χ0n) is 11.5. The summed E-state index contributed by atoms with van der Waals surface area (Å²) in [6.45, 7) is -0.0257. The third kappa shape index (κ3) is 3.13. The molecule has 0 unspecified atom stereocenters. The number of rotatable bonds is 4. The second-order valence-electron chi connectivity index (χ2n) is 5.43. The minimum atomic E-state index is -0.981. The molecule has 1 aliphatic rings. The van der Waals surface area contributed by atoms with Crippen LogP contribution in [0.3, 0.4) is 0 Å². The molecule has 21 heavy (non-hydrogen) atoms. The Morgan fingerprint density at radius 2 is 1.86 bits per heavy atom. The van der Waals surface area contributed by atoms with Crippen LogP contribution in [0.4, 0.5) is 14.5 Å². The van der Waals surface area contributed by atoms with Crippen LogP contribution in [0.5, 0.6) is 0 Å². The minimum Gasteiger partial charge on any atom is -0.481 e. The SMILES string of the molecule is N#Cc1cc(F)c(NCC2(C(=O)O)CCCCC2)c(F)c1. The molecule has 6 heteroatoms. The second-order valence-corrected chi connectivity index (χ2v) is 5.43. The van der Waals surface area contributed by atoms with Crippen LogP contribution in [0.1, 0.15) is 37.7 Å². The van der Waals surface area contributed by atoms with Gasteiger partial charge >= 0.3 is 5.97 Å². The molecule has 1 aromatic rings. The molecule has 0 bridgehead atoms. The van der Waals surface area contributed by atoms with Crippen molar-refractivity contribution < 1.29 is 18.7 Å². The maximum Gasteiger partial charge on any atom is 0.311 e. The predicted molar refractivity (Wildman–Crippen MR) is 72.7 cm³/mol. The van der Waals surface area contributed by atoms with E-state index in [1.807, 2.05) is 0 Å². The first-order chi connectivity index (χ1) is 9.98. The van der Waals surface area contributed by atoms with Crippen molar-refractivity contribution in [3.63, 3.8) is 0 Å². The summed E-state index contributed by atoms with van der Waals surface area (Å²) in [6, 6.07) is 3.53. The van der Waals surface area contributed by atoms with E-state index >= 15 is 0 Å². The molecule has 2 rings (SSSR count). The normalized spacial score (nSPS) is 17.0. The van der Waals surface area contributed by atoms with Gasteiger partial charge in [-0.3, -0.25) is 4.79 Å². The van der Waals surface area contributed by atoms with Crippen LogP contribution in [0.2, 0.25) is 0 Å². The molecular formula is C15H16F2N2O2. The molecule has 0 amide bonds. The van der Waals surface area contributed by atoms with Gasteiger partial charge in [0.25, 0.3) is 0 Å². The second kappa shape index (κ2) is 6.08. The molecule has 1 aromatic carbocycles. The third-order valence-electron chi connectivity index (χ3n) is 4.04. The number of nitrogens with zero attached hydrogens (tertiary/aromatic N) is 1. The van der Waals surface area contributed by atoms with Crippen LogP contribution < -0.4 is 5.32 Å². The molecule has 2 N–H and O–H groups in total. The minimum absolute atomic E-state index is 0.0257. The highest BCUT2D eigenvalue weighted by molar-refractivity contribution is 5.75. The predicted octanol–water partition coefficient (Wildman–Crippen LogP) is 3.28. The Labute approximate surface area is 121 Å². The number of carboxylic acid groups (broad SMARTS) is 1. The van der Waals surface area contributed by atoms with E-state index in [0.29, 0.717) is 12.8 Å². The zero-order valence-corrected chi connectivity index (χ0v) is 11.5. The van der Waals surface area contributed by atoms with Gasteiger partial charge in [-0.1, -0.05) is 19.3 Å². The fourth-order valence-electron chi connectivity index (χ4n) is 2.76.